The van der Waals surface area contributed by atoms with Crippen LogP contribution in [0.2, 0.25) is 0 Å². The van der Waals surface area contributed by atoms with E-state index in [-0.39, 0.29) is 24.5 Å². The molecule has 9 nitrogen and oxygen atoms in total. The number of amides is 2. The fraction of sp³-hybridized carbons (Fsp3) is 0.381. The third kappa shape index (κ3) is 4.54. The summed E-state index contributed by atoms with van der Waals surface area (Å²) in [6, 6.07) is 8.99. The van der Waals surface area contributed by atoms with Crippen LogP contribution >= 0.6 is 0 Å². The highest BCUT2D eigenvalue weighted by Gasteiger charge is 2.33. The Bertz CT molecular complexity index is 1150. The van der Waals surface area contributed by atoms with E-state index in [1.54, 1.807) is 13.8 Å². The van der Waals surface area contributed by atoms with Crippen LogP contribution < -0.4 is 11.3 Å². The zero-order chi connectivity index (χ0) is 22.8. The number of benzene rings is 1. The van der Waals surface area contributed by atoms with Crippen molar-refractivity contribution in [3.05, 3.63) is 64.1 Å². The second-order valence-corrected chi connectivity index (χ2v) is 9.27. The number of hydrogen-bond acceptors (Lipinski definition) is 5. The van der Waals surface area contributed by atoms with Crippen molar-refractivity contribution in [1.29, 1.82) is 0 Å². The Hall–Kier alpha value is -2.98. The molecule has 31 heavy (non-hydrogen) atoms. The Labute approximate surface area is 181 Å². The lowest BCUT2D eigenvalue weighted by Gasteiger charge is -2.35. The maximum atomic E-state index is 13.1. The van der Waals surface area contributed by atoms with Crippen LogP contribution in [-0.4, -0.2) is 53.1 Å². The first kappa shape index (κ1) is 22.7. The van der Waals surface area contributed by atoms with Crippen LogP contribution in [0, 0.1) is 0 Å². The van der Waals surface area contributed by atoms with Crippen molar-refractivity contribution in [3.8, 4) is 0 Å². The smallest absolute Gasteiger partial charge is 0.251 e. The number of primary amides is 1. The van der Waals surface area contributed by atoms with Gasteiger partial charge in [-0.05, 0) is 17.2 Å². The molecule has 2 heterocycles. The van der Waals surface area contributed by atoms with Gasteiger partial charge >= 0.3 is 0 Å². The van der Waals surface area contributed by atoms with Crippen LogP contribution in [0.1, 0.15) is 25.0 Å². The van der Waals surface area contributed by atoms with E-state index in [2.05, 4.69) is 0 Å². The van der Waals surface area contributed by atoms with Gasteiger partial charge in [-0.3, -0.25) is 14.4 Å². The molecule has 0 bridgehead atoms. The Balaban J connectivity index is 1.91. The lowest BCUT2D eigenvalue weighted by atomic mass is 9.93. The summed E-state index contributed by atoms with van der Waals surface area (Å²) >= 11 is 0. The predicted molar refractivity (Wildman–Crippen MR) is 114 cm³/mol. The van der Waals surface area contributed by atoms with Crippen molar-refractivity contribution < 1.29 is 18.0 Å². The van der Waals surface area contributed by atoms with E-state index in [4.69, 9.17) is 5.73 Å². The summed E-state index contributed by atoms with van der Waals surface area (Å²) < 4.78 is 27.9. The first-order valence-corrected chi connectivity index (χ1v) is 11.5. The highest BCUT2D eigenvalue weighted by Crippen LogP contribution is 2.23. The monoisotopic (exact) mass is 446 g/mol. The van der Waals surface area contributed by atoms with E-state index < -0.39 is 40.0 Å². The molecule has 0 radical (unpaired) electrons. The zero-order valence-corrected chi connectivity index (χ0v) is 18.3. The van der Waals surface area contributed by atoms with Gasteiger partial charge in [-0.15, -0.1) is 0 Å². The van der Waals surface area contributed by atoms with Gasteiger partial charge in [0.05, 0.1) is 4.90 Å². The SMILES string of the molecule is CCN(CC)S(=O)(=O)c1ccc(=O)n(CC(=O)N2Cc3ccccc3CC2C(N)=O)c1. The van der Waals surface area contributed by atoms with Gasteiger partial charge < -0.3 is 15.2 Å². The normalized spacial score (nSPS) is 16.2. The van der Waals surface area contributed by atoms with Crippen LogP contribution in [0.3, 0.4) is 0 Å². The largest absolute Gasteiger partial charge is 0.368 e. The van der Waals surface area contributed by atoms with Gasteiger partial charge in [-0.2, -0.15) is 4.31 Å². The molecule has 0 aliphatic carbocycles. The minimum atomic E-state index is -3.79. The molecular weight excluding hydrogens is 420 g/mol. The number of rotatable bonds is 7. The summed E-state index contributed by atoms with van der Waals surface area (Å²) in [5, 5.41) is 0. The van der Waals surface area contributed by atoms with E-state index in [9.17, 15) is 22.8 Å². The van der Waals surface area contributed by atoms with E-state index in [0.717, 1.165) is 21.8 Å². The molecule has 3 rings (SSSR count). The second kappa shape index (κ2) is 9.03. The van der Waals surface area contributed by atoms with Crippen molar-refractivity contribution in [2.75, 3.05) is 13.1 Å². The zero-order valence-electron chi connectivity index (χ0n) is 17.5. The van der Waals surface area contributed by atoms with Crippen molar-refractivity contribution in [1.82, 2.24) is 13.8 Å². The molecule has 2 aromatic rings. The van der Waals surface area contributed by atoms with Crippen molar-refractivity contribution in [2.24, 2.45) is 5.73 Å². The Kier molecular flexibility index (Phi) is 6.61. The molecule has 0 spiro atoms. The summed E-state index contributed by atoms with van der Waals surface area (Å²) in [6.07, 6.45) is 1.47. The van der Waals surface area contributed by atoms with Crippen molar-refractivity contribution in [2.45, 2.75) is 44.3 Å². The van der Waals surface area contributed by atoms with Crippen LogP contribution in [0.15, 0.2) is 52.3 Å². The average molecular weight is 447 g/mol. The number of nitrogens with two attached hydrogens (primary N) is 1. The van der Waals surface area contributed by atoms with Gasteiger partial charge in [-0.25, -0.2) is 8.42 Å². The molecule has 166 valence electrons. The summed E-state index contributed by atoms with van der Waals surface area (Å²) in [7, 11) is -3.79. The molecule has 2 amide bonds. The first-order chi connectivity index (χ1) is 14.7. The van der Waals surface area contributed by atoms with E-state index in [1.165, 1.54) is 21.5 Å². The average Bonchev–Trinajstić information content (AvgIpc) is 2.74. The van der Waals surface area contributed by atoms with E-state index in [1.807, 2.05) is 24.3 Å². The molecule has 10 heteroatoms. The maximum Gasteiger partial charge on any atom is 0.251 e. The van der Waals surface area contributed by atoms with Crippen LogP contribution in [0.5, 0.6) is 0 Å². The number of pyridine rings is 1. The fourth-order valence-electron chi connectivity index (χ4n) is 3.77. The van der Waals surface area contributed by atoms with Crippen molar-refractivity contribution in [3.63, 3.8) is 0 Å². The molecule has 1 unspecified atom stereocenters. The quantitative estimate of drug-likeness (QED) is 0.656. The van der Waals surface area contributed by atoms with Gasteiger partial charge in [0.25, 0.3) is 5.56 Å². The number of carbonyl (C=O) groups is 2. The Morgan fingerprint density at radius 1 is 1.10 bits per heavy atom. The highest BCUT2D eigenvalue weighted by molar-refractivity contribution is 7.89. The van der Waals surface area contributed by atoms with E-state index in [0.29, 0.717) is 6.42 Å². The minimum Gasteiger partial charge on any atom is -0.368 e. The molecule has 1 atom stereocenters. The van der Waals surface area contributed by atoms with Gasteiger partial charge in [0.1, 0.15) is 12.6 Å². The van der Waals surface area contributed by atoms with Crippen LogP contribution in [0.4, 0.5) is 0 Å². The number of sulfonamides is 1. The summed E-state index contributed by atoms with van der Waals surface area (Å²) in [5.74, 6) is -1.12. The molecule has 1 aromatic heterocycles. The fourth-order valence-corrected chi connectivity index (χ4v) is 5.25. The summed E-state index contributed by atoms with van der Waals surface area (Å²) in [6.45, 7) is 3.80. The third-order valence-corrected chi connectivity index (χ3v) is 7.54. The Morgan fingerprint density at radius 2 is 1.74 bits per heavy atom. The highest BCUT2D eigenvalue weighted by atomic mass is 32.2. The van der Waals surface area contributed by atoms with Crippen molar-refractivity contribution >= 4 is 21.8 Å². The molecule has 1 aromatic carbocycles. The maximum absolute atomic E-state index is 13.1. The van der Waals surface area contributed by atoms with Crippen LogP contribution in [0.25, 0.3) is 0 Å². The number of fused-ring (bicyclic) bond motifs is 1. The van der Waals surface area contributed by atoms with Gasteiger partial charge in [0, 0.05) is 38.3 Å². The molecule has 2 N–H and O–H groups in total. The van der Waals surface area contributed by atoms with Gasteiger partial charge in [0.15, 0.2) is 0 Å². The number of aromatic nitrogens is 1. The molecular formula is C21H26N4O5S. The molecule has 1 aliphatic heterocycles. The number of nitrogens with zero attached hydrogens (tertiary/aromatic N) is 3. The Morgan fingerprint density at radius 3 is 2.35 bits per heavy atom. The standard InChI is InChI=1S/C21H26N4O5S/c1-3-24(4-2)31(29,30)17-9-10-19(26)23(13-17)14-20(27)25-12-16-8-6-5-7-15(16)11-18(25)21(22)28/h5-10,13,18H,3-4,11-12,14H2,1-2H3,(H2,22,28). The third-order valence-electron chi connectivity index (χ3n) is 5.50. The lowest BCUT2D eigenvalue weighted by Crippen LogP contribution is -2.52. The van der Waals surface area contributed by atoms with Crippen LogP contribution in [-0.2, 0) is 39.1 Å². The number of carbonyl (C=O) groups excluding carboxylic acids is 2. The molecule has 0 saturated heterocycles. The number of hydrogen-bond donors (Lipinski definition) is 1. The van der Waals surface area contributed by atoms with E-state index >= 15 is 0 Å². The van der Waals surface area contributed by atoms with Gasteiger partial charge in [-0.1, -0.05) is 38.1 Å². The molecule has 0 saturated carbocycles. The van der Waals surface area contributed by atoms with Gasteiger partial charge in [0.2, 0.25) is 21.8 Å². The molecule has 0 fully saturated rings. The topological polar surface area (TPSA) is 123 Å². The minimum absolute atomic E-state index is 0.0703. The lowest BCUT2D eigenvalue weighted by molar-refractivity contribution is -0.141. The summed E-state index contributed by atoms with van der Waals surface area (Å²) in [5.41, 5.74) is 6.87. The molecule has 1 aliphatic rings. The second-order valence-electron chi connectivity index (χ2n) is 7.33. The first-order valence-electron chi connectivity index (χ1n) is 10.0. The summed E-state index contributed by atoms with van der Waals surface area (Å²) in [4.78, 5) is 38.7. The predicted octanol–water partition coefficient (Wildman–Crippen LogP) is 0.318.